The van der Waals surface area contributed by atoms with E-state index in [4.69, 9.17) is 11.6 Å². The average molecular weight is 361 g/mol. The van der Waals surface area contributed by atoms with Crippen molar-refractivity contribution in [2.45, 2.75) is 33.1 Å². The summed E-state index contributed by atoms with van der Waals surface area (Å²) in [5.41, 5.74) is 3.15. The first-order chi connectivity index (χ1) is 11.4. The number of aromatic nitrogens is 1. The van der Waals surface area contributed by atoms with Crippen LogP contribution < -0.4 is 4.90 Å². The first-order valence-electron chi connectivity index (χ1n) is 7.96. The number of thiophene rings is 1. The minimum Gasteiger partial charge on any atom is -0.298 e. The molecule has 0 radical (unpaired) electrons. The van der Waals surface area contributed by atoms with E-state index < -0.39 is 0 Å². The summed E-state index contributed by atoms with van der Waals surface area (Å²) in [6.45, 7) is 5.08. The van der Waals surface area contributed by atoms with Gasteiger partial charge in [0.05, 0.1) is 15.5 Å². The zero-order valence-corrected chi connectivity index (χ0v) is 15.1. The van der Waals surface area contributed by atoms with Gasteiger partial charge in [0.2, 0.25) is 0 Å². The number of pyridine rings is 1. The Balaban J connectivity index is 1.75. The van der Waals surface area contributed by atoms with Crippen LogP contribution in [0.1, 0.15) is 49.9 Å². The monoisotopic (exact) mass is 360 g/mol. The van der Waals surface area contributed by atoms with E-state index in [1.54, 1.807) is 22.3 Å². The van der Waals surface area contributed by atoms with Crippen molar-refractivity contribution in [3.05, 3.63) is 43.7 Å². The molecule has 0 saturated carbocycles. The molecule has 3 heterocycles. The van der Waals surface area contributed by atoms with Crippen LogP contribution in [0.15, 0.2) is 12.3 Å². The number of aldehydes is 1. The van der Waals surface area contributed by atoms with Crippen LogP contribution in [0.2, 0.25) is 5.02 Å². The first-order valence-corrected chi connectivity index (χ1v) is 9.16. The van der Waals surface area contributed by atoms with E-state index in [1.807, 2.05) is 0 Å². The topological polar surface area (TPSA) is 50.3 Å². The molecule has 124 valence electrons. The molecule has 1 aliphatic heterocycles. The van der Waals surface area contributed by atoms with Crippen LogP contribution in [0.25, 0.3) is 0 Å². The maximum atomic E-state index is 13.0. The van der Waals surface area contributed by atoms with Crippen molar-refractivity contribution in [3.63, 3.8) is 0 Å². The molecule has 0 aromatic carbocycles. The molecule has 2 aliphatic rings. The molecule has 24 heavy (non-hydrogen) atoms. The Hall–Kier alpha value is -1.72. The Morgan fingerprint density at radius 3 is 2.88 bits per heavy atom. The van der Waals surface area contributed by atoms with E-state index in [2.05, 4.69) is 18.8 Å². The number of carbonyl (C=O) groups is 2. The summed E-state index contributed by atoms with van der Waals surface area (Å²) in [5.74, 6) is 0.299. The van der Waals surface area contributed by atoms with E-state index in [0.29, 0.717) is 23.7 Å². The molecule has 0 fully saturated rings. The van der Waals surface area contributed by atoms with Gasteiger partial charge in [0.25, 0.3) is 5.91 Å². The summed E-state index contributed by atoms with van der Waals surface area (Å²) in [5, 5.41) is 0.323. The highest BCUT2D eigenvalue weighted by atomic mass is 35.5. The zero-order valence-electron chi connectivity index (χ0n) is 13.6. The number of amides is 1. The molecular formula is C18H17ClN2O2S. The normalized spacial score (nSPS) is 18.5. The summed E-state index contributed by atoms with van der Waals surface area (Å²) in [4.78, 5) is 32.3. The van der Waals surface area contributed by atoms with Gasteiger partial charge in [-0.15, -0.1) is 11.3 Å². The summed E-state index contributed by atoms with van der Waals surface area (Å²) in [6, 6.07) is 1.57. The number of anilines is 1. The van der Waals surface area contributed by atoms with Crippen LogP contribution in [0, 0.1) is 5.41 Å². The molecule has 1 amide bonds. The average Bonchev–Trinajstić information content (AvgIpc) is 3.00. The van der Waals surface area contributed by atoms with Gasteiger partial charge in [-0.25, -0.2) is 4.98 Å². The standard InChI is InChI=1S/C18H17ClN2O2S/c1-18(2)7-11-10-4-6-21(17(23)15(10)24-14(11)8-18)16-12(9-22)13(19)3-5-20-16/h3,5,9H,4,6-8H2,1-2H3. The number of rotatable bonds is 2. The fourth-order valence-electron chi connectivity index (χ4n) is 3.73. The number of carbonyl (C=O) groups excluding carboxylic acids is 2. The van der Waals surface area contributed by atoms with Gasteiger partial charge in [0, 0.05) is 17.6 Å². The highest BCUT2D eigenvalue weighted by molar-refractivity contribution is 7.14. The van der Waals surface area contributed by atoms with Gasteiger partial charge in [0.15, 0.2) is 6.29 Å². The van der Waals surface area contributed by atoms with Crippen molar-refractivity contribution in [2.75, 3.05) is 11.4 Å². The lowest BCUT2D eigenvalue weighted by Crippen LogP contribution is -2.38. The second-order valence-electron chi connectivity index (χ2n) is 7.18. The fraction of sp³-hybridized carbons (Fsp3) is 0.389. The van der Waals surface area contributed by atoms with E-state index in [9.17, 15) is 9.59 Å². The Bertz CT molecular complexity index is 872. The lowest BCUT2D eigenvalue weighted by molar-refractivity contribution is 0.0984. The number of hydrogen-bond acceptors (Lipinski definition) is 4. The lowest BCUT2D eigenvalue weighted by atomic mass is 9.89. The summed E-state index contributed by atoms with van der Waals surface area (Å²) < 4.78 is 0. The Kier molecular flexibility index (Phi) is 3.55. The minimum atomic E-state index is -0.0636. The first kappa shape index (κ1) is 15.8. The van der Waals surface area contributed by atoms with E-state index in [0.717, 1.165) is 24.1 Å². The highest BCUT2D eigenvalue weighted by Gasteiger charge is 2.38. The molecule has 4 nitrogen and oxygen atoms in total. The molecular weight excluding hydrogens is 344 g/mol. The SMILES string of the molecule is CC1(C)Cc2sc3c(c2C1)CCN(c1nccc(Cl)c1C=O)C3=O. The fourth-order valence-corrected chi connectivity index (χ4v) is 5.49. The predicted molar refractivity (Wildman–Crippen MR) is 95.5 cm³/mol. The second-order valence-corrected chi connectivity index (χ2v) is 8.70. The van der Waals surface area contributed by atoms with Crippen molar-refractivity contribution >= 4 is 40.9 Å². The van der Waals surface area contributed by atoms with Crippen molar-refractivity contribution in [1.82, 2.24) is 4.98 Å². The summed E-state index contributed by atoms with van der Waals surface area (Å²) in [6.07, 6.45) is 5.07. The third-order valence-corrected chi connectivity index (χ3v) is 6.40. The van der Waals surface area contributed by atoms with Crippen molar-refractivity contribution in [3.8, 4) is 0 Å². The van der Waals surface area contributed by atoms with Crippen LogP contribution >= 0.6 is 22.9 Å². The maximum absolute atomic E-state index is 13.0. The van der Waals surface area contributed by atoms with E-state index in [-0.39, 0.29) is 16.9 Å². The van der Waals surface area contributed by atoms with Crippen molar-refractivity contribution in [2.24, 2.45) is 5.41 Å². The molecule has 1 aliphatic carbocycles. The number of halogens is 1. The largest absolute Gasteiger partial charge is 0.298 e. The maximum Gasteiger partial charge on any atom is 0.269 e. The Morgan fingerprint density at radius 1 is 1.33 bits per heavy atom. The Labute approximate surface area is 149 Å². The summed E-state index contributed by atoms with van der Waals surface area (Å²) in [7, 11) is 0. The van der Waals surface area contributed by atoms with Gasteiger partial charge >= 0.3 is 0 Å². The number of hydrogen-bond donors (Lipinski definition) is 0. The second kappa shape index (κ2) is 5.39. The molecule has 0 N–H and O–H groups in total. The summed E-state index contributed by atoms with van der Waals surface area (Å²) >= 11 is 7.69. The minimum absolute atomic E-state index is 0.0636. The van der Waals surface area contributed by atoms with E-state index in [1.165, 1.54) is 22.2 Å². The van der Waals surface area contributed by atoms with Crippen LogP contribution in [-0.2, 0) is 19.3 Å². The predicted octanol–water partition coefficient (Wildman–Crippen LogP) is 3.94. The molecule has 2 aromatic heterocycles. The van der Waals surface area contributed by atoms with Crippen LogP contribution in [0.3, 0.4) is 0 Å². The van der Waals surface area contributed by atoms with Gasteiger partial charge in [-0.3, -0.25) is 14.5 Å². The number of nitrogens with zero attached hydrogens (tertiary/aromatic N) is 2. The highest BCUT2D eigenvalue weighted by Crippen LogP contribution is 2.45. The smallest absolute Gasteiger partial charge is 0.269 e. The van der Waals surface area contributed by atoms with Crippen LogP contribution in [0.4, 0.5) is 5.82 Å². The third-order valence-electron chi connectivity index (χ3n) is 4.81. The zero-order chi connectivity index (χ0) is 17.1. The van der Waals surface area contributed by atoms with Crippen LogP contribution in [0.5, 0.6) is 0 Å². The molecule has 0 atom stereocenters. The molecule has 2 aromatic rings. The van der Waals surface area contributed by atoms with Gasteiger partial charge in [-0.1, -0.05) is 25.4 Å². The van der Waals surface area contributed by atoms with Gasteiger partial charge in [-0.05, 0) is 41.9 Å². The molecule has 0 spiro atoms. The lowest BCUT2D eigenvalue weighted by Gasteiger charge is -2.28. The van der Waals surface area contributed by atoms with Crippen LogP contribution in [-0.4, -0.2) is 23.7 Å². The molecule has 0 unspecified atom stereocenters. The quantitative estimate of drug-likeness (QED) is 0.762. The van der Waals surface area contributed by atoms with Gasteiger partial charge in [-0.2, -0.15) is 0 Å². The molecule has 0 bridgehead atoms. The molecule has 4 rings (SSSR count). The number of fused-ring (bicyclic) bond motifs is 3. The van der Waals surface area contributed by atoms with Gasteiger partial charge in [0.1, 0.15) is 5.82 Å². The molecule has 6 heteroatoms. The molecule has 0 saturated heterocycles. The van der Waals surface area contributed by atoms with Gasteiger partial charge < -0.3 is 0 Å². The Morgan fingerprint density at radius 2 is 2.12 bits per heavy atom. The van der Waals surface area contributed by atoms with E-state index >= 15 is 0 Å². The third kappa shape index (κ3) is 2.30. The van der Waals surface area contributed by atoms with Crippen molar-refractivity contribution < 1.29 is 9.59 Å². The van der Waals surface area contributed by atoms with Crippen molar-refractivity contribution in [1.29, 1.82) is 0 Å².